The standard InChI is InChI=1S/C9H19NO2/c1-3-4-5-6-7-10-8(2)9(11)12/h8,10H,3-7H2,1-2H3,(H,11,12)/t8-/m1/s1. The van der Waals surface area contributed by atoms with E-state index in [1.807, 2.05) is 0 Å². The van der Waals surface area contributed by atoms with Crippen molar-refractivity contribution in [3.8, 4) is 0 Å². The molecule has 0 saturated carbocycles. The molecule has 0 aromatic carbocycles. The van der Waals surface area contributed by atoms with Crippen LogP contribution < -0.4 is 5.32 Å². The lowest BCUT2D eigenvalue weighted by Crippen LogP contribution is -2.34. The summed E-state index contributed by atoms with van der Waals surface area (Å²) >= 11 is 0. The largest absolute Gasteiger partial charge is 0.480 e. The predicted molar refractivity (Wildman–Crippen MR) is 49.2 cm³/mol. The molecule has 0 aliphatic carbocycles. The molecule has 3 heteroatoms. The molecule has 0 aromatic heterocycles. The molecular weight excluding hydrogens is 154 g/mol. The maximum absolute atomic E-state index is 10.4. The van der Waals surface area contributed by atoms with Crippen LogP contribution in [-0.4, -0.2) is 23.7 Å². The molecule has 2 N–H and O–H groups in total. The maximum atomic E-state index is 10.4. The van der Waals surface area contributed by atoms with Crippen molar-refractivity contribution >= 4 is 5.97 Å². The first-order chi connectivity index (χ1) is 5.68. The van der Waals surface area contributed by atoms with Gasteiger partial charge in [0, 0.05) is 0 Å². The molecule has 0 aliphatic heterocycles. The topological polar surface area (TPSA) is 49.3 Å². The molecule has 0 fully saturated rings. The average Bonchev–Trinajstić information content (AvgIpc) is 2.03. The van der Waals surface area contributed by atoms with E-state index in [1.54, 1.807) is 6.92 Å². The lowest BCUT2D eigenvalue weighted by Gasteiger charge is -2.07. The fourth-order valence-electron chi connectivity index (χ4n) is 0.958. The van der Waals surface area contributed by atoms with Crippen molar-refractivity contribution in [3.63, 3.8) is 0 Å². The van der Waals surface area contributed by atoms with Crippen molar-refractivity contribution in [2.24, 2.45) is 0 Å². The second-order valence-electron chi connectivity index (χ2n) is 3.07. The summed E-state index contributed by atoms with van der Waals surface area (Å²) in [4.78, 5) is 10.4. The third-order valence-corrected chi connectivity index (χ3v) is 1.85. The first-order valence-corrected chi connectivity index (χ1v) is 4.64. The Hall–Kier alpha value is -0.570. The molecule has 0 aliphatic rings. The first kappa shape index (κ1) is 11.4. The Morgan fingerprint density at radius 2 is 2.08 bits per heavy atom. The zero-order valence-corrected chi connectivity index (χ0v) is 7.97. The van der Waals surface area contributed by atoms with E-state index in [1.165, 1.54) is 19.3 Å². The first-order valence-electron chi connectivity index (χ1n) is 4.64. The molecule has 0 amide bonds. The van der Waals surface area contributed by atoms with E-state index in [0.29, 0.717) is 0 Å². The van der Waals surface area contributed by atoms with Gasteiger partial charge in [0.1, 0.15) is 6.04 Å². The summed E-state index contributed by atoms with van der Waals surface area (Å²) in [5, 5.41) is 11.5. The second kappa shape index (κ2) is 7.10. The highest BCUT2D eigenvalue weighted by Crippen LogP contribution is 1.97. The molecule has 0 aromatic rings. The van der Waals surface area contributed by atoms with E-state index in [2.05, 4.69) is 12.2 Å². The van der Waals surface area contributed by atoms with Gasteiger partial charge in [-0.15, -0.1) is 0 Å². The zero-order chi connectivity index (χ0) is 9.40. The third-order valence-electron chi connectivity index (χ3n) is 1.85. The number of carboxylic acid groups (broad SMARTS) is 1. The SMILES string of the molecule is CCCCCCN[C@H](C)C(=O)O. The van der Waals surface area contributed by atoms with Crippen LogP contribution in [0.1, 0.15) is 39.5 Å². The number of rotatable bonds is 7. The summed E-state index contributed by atoms with van der Waals surface area (Å²) in [6.07, 6.45) is 4.72. The van der Waals surface area contributed by atoms with Gasteiger partial charge in [-0.25, -0.2) is 0 Å². The van der Waals surface area contributed by atoms with Crippen molar-refractivity contribution in [2.75, 3.05) is 6.54 Å². The van der Waals surface area contributed by atoms with Gasteiger partial charge in [-0.3, -0.25) is 4.79 Å². The molecule has 0 heterocycles. The van der Waals surface area contributed by atoms with Crippen molar-refractivity contribution < 1.29 is 9.90 Å². The summed E-state index contributed by atoms with van der Waals surface area (Å²) in [5.74, 6) is -0.773. The number of carbonyl (C=O) groups is 1. The zero-order valence-electron chi connectivity index (χ0n) is 7.97. The van der Waals surface area contributed by atoms with Crippen LogP contribution in [0.15, 0.2) is 0 Å². The van der Waals surface area contributed by atoms with Crippen LogP contribution in [0.25, 0.3) is 0 Å². The van der Waals surface area contributed by atoms with Crippen molar-refractivity contribution in [1.82, 2.24) is 5.32 Å². The average molecular weight is 173 g/mol. The van der Waals surface area contributed by atoms with Crippen LogP contribution >= 0.6 is 0 Å². The molecule has 1 atom stereocenters. The molecule has 0 rings (SSSR count). The molecule has 0 unspecified atom stereocenters. The van der Waals surface area contributed by atoms with Crippen LogP contribution in [0.4, 0.5) is 0 Å². The molecule has 0 saturated heterocycles. The molecule has 0 bridgehead atoms. The van der Waals surface area contributed by atoms with Crippen molar-refractivity contribution in [2.45, 2.75) is 45.6 Å². The minimum Gasteiger partial charge on any atom is -0.480 e. The van der Waals surface area contributed by atoms with Crippen molar-refractivity contribution in [3.05, 3.63) is 0 Å². The van der Waals surface area contributed by atoms with Gasteiger partial charge >= 0.3 is 5.97 Å². The number of carboxylic acids is 1. The van der Waals surface area contributed by atoms with Gasteiger partial charge in [-0.1, -0.05) is 26.2 Å². The molecule has 72 valence electrons. The Labute approximate surface area is 74.2 Å². The van der Waals surface area contributed by atoms with E-state index in [4.69, 9.17) is 5.11 Å². The summed E-state index contributed by atoms with van der Waals surface area (Å²) in [6.45, 7) is 4.64. The van der Waals surface area contributed by atoms with Gasteiger partial charge in [-0.05, 0) is 19.9 Å². The Morgan fingerprint density at radius 1 is 1.42 bits per heavy atom. The highest BCUT2D eigenvalue weighted by atomic mass is 16.4. The highest BCUT2D eigenvalue weighted by molar-refractivity contribution is 5.72. The Kier molecular flexibility index (Phi) is 6.76. The summed E-state index contributed by atoms with van der Waals surface area (Å²) in [6, 6.07) is -0.411. The predicted octanol–water partition coefficient (Wildman–Crippen LogP) is 1.63. The Balaban J connectivity index is 3.14. The maximum Gasteiger partial charge on any atom is 0.320 e. The van der Waals surface area contributed by atoms with Crippen LogP contribution in [0.5, 0.6) is 0 Å². The second-order valence-corrected chi connectivity index (χ2v) is 3.07. The van der Waals surface area contributed by atoms with E-state index < -0.39 is 12.0 Å². The molecule has 0 spiro atoms. The summed E-state index contributed by atoms with van der Waals surface area (Å²) < 4.78 is 0. The third kappa shape index (κ3) is 6.16. The van der Waals surface area contributed by atoms with E-state index in [-0.39, 0.29) is 0 Å². The fourth-order valence-corrected chi connectivity index (χ4v) is 0.958. The van der Waals surface area contributed by atoms with E-state index in [9.17, 15) is 4.79 Å². The molecule has 0 radical (unpaired) electrons. The molecule has 12 heavy (non-hydrogen) atoms. The van der Waals surface area contributed by atoms with Crippen LogP contribution in [0.2, 0.25) is 0 Å². The van der Waals surface area contributed by atoms with E-state index in [0.717, 1.165) is 13.0 Å². The fraction of sp³-hybridized carbons (Fsp3) is 0.889. The minimum atomic E-state index is -0.773. The summed E-state index contributed by atoms with van der Waals surface area (Å²) in [7, 11) is 0. The van der Waals surface area contributed by atoms with Gasteiger partial charge in [0.25, 0.3) is 0 Å². The van der Waals surface area contributed by atoms with Gasteiger partial charge < -0.3 is 10.4 Å². The minimum absolute atomic E-state index is 0.411. The highest BCUT2D eigenvalue weighted by Gasteiger charge is 2.07. The number of unbranched alkanes of at least 4 members (excludes halogenated alkanes) is 3. The quantitative estimate of drug-likeness (QED) is 0.575. The normalized spacial score (nSPS) is 12.8. The molecule has 3 nitrogen and oxygen atoms in total. The monoisotopic (exact) mass is 173 g/mol. The number of hydrogen-bond acceptors (Lipinski definition) is 2. The van der Waals surface area contributed by atoms with Gasteiger partial charge in [0.15, 0.2) is 0 Å². The van der Waals surface area contributed by atoms with Crippen LogP contribution in [0, 0.1) is 0 Å². The Bertz CT molecular complexity index is 126. The van der Waals surface area contributed by atoms with Crippen molar-refractivity contribution in [1.29, 1.82) is 0 Å². The number of hydrogen-bond donors (Lipinski definition) is 2. The Morgan fingerprint density at radius 3 is 2.58 bits per heavy atom. The lowest BCUT2D eigenvalue weighted by atomic mass is 10.2. The van der Waals surface area contributed by atoms with Gasteiger partial charge in [-0.2, -0.15) is 0 Å². The van der Waals surface area contributed by atoms with Crippen LogP contribution in [-0.2, 0) is 4.79 Å². The lowest BCUT2D eigenvalue weighted by molar-refractivity contribution is -0.138. The molecular formula is C9H19NO2. The number of nitrogens with one attached hydrogen (secondary N) is 1. The van der Waals surface area contributed by atoms with Gasteiger partial charge in [0.2, 0.25) is 0 Å². The smallest absolute Gasteiger partial charge is 0.320 e. The van der Waals surface area contributed by atoms with Crippen LogP contribution in [0.3, 0.4) is 0 Å². The van der Waals surface area contributed by atoms with E-state index >= 15 is 0 Å². The summed E-state index contributed by atoms with van der Waals surface area (Å²) in [5.41, 5.74) is 0. The number of aliphatic carboxylic acids is 1. The van der Waals surface area contributed by atoms with Gasteiger partial charge in [0.05, 0.1) is 0 Å².